The maximum Gasteiger partial charge on any atom is 0.407 e. The van der Waals surface area contributed by atoms with E-state index in [9.17, 15) is 17.6 Å². The molecule has 2 heterocycles. The number of hydrogen-bond acceptors (Lipinski definition) is 5. The van der Waals surface area contributed by atoms with Crippen molar-refractivity contribution in [2.45, 2.75) is 17.7 Å². The van der Waals surface area contributed by atoms with Crippen LogP contribution in [0.3, 0.4) is 0 Å². The van der Waals surface area contributed by atoms with Crippen LogP contribution in [-0.4, -0.2) is 55.5 Å². The lowest BCUT2D eigenvalue weighted by Crippen LogP contribution is -2.38. The lowest BCUT2D eigenvalue weighted by molar-refractivity contribution is 0.111. The summed E-state index contributed by atoms with van der Waals surface area (Å²) in [7, 11) is -3.47. The van der Waals surface area contributed by atoms with Gasteiger partial charge in [0.2, 0.25) is 0 Å². The van der Waals surface area contributed by atoms with Gasteiger partial charge in [0, 0.05) is 24.9 Å². The quantitative estimate of drug-likeness (QED) is 0.817. The fourth-order valence-corrected chi connectivity index (χ4v) is 3.70. The third-order valence-corrected chi connectivity index (χ3v) is 5.86. The van der Waals surface area contributed by atoms with E-state index >= 15 is 0 Å². The number of hydrogen-bond donors (Lipinski definition) is 1. The number of benzene rings is 1. The minimum Gasteiger partial charge on any atom is -0.492 e. The van der Waals surface area contributed by atoms with Crippen molar-refractivity contribution in [3.63, 3.8) is 0 Å². The molecule has 1 aliphatic rings. The van der Waals surface area contributed by atoms with Gasteiger partial charge in [-0.2, -0.15) is 0 Å². The van der Waals surface area contributed by atoms with Gasteiger partial charge in [0.1, 0.15) is 11.6 Å². The van der Waals surface area contributed by atoms with Gasteiger partial charge in [0.25, 0.3) is 0 Å². The first kappa shape index (κ1) is 20.1. The van der Waals surface area contributed by atoms with Crippen molar-refractivity contribution < 1.29 is 27.4 Å². The Kier molecular flexibility index (Phi) is 5.83. The monoisotopic (exact) mass is 408 g/mol. The molecule has 1 aromatic carbocycles. The second-order valence-corrected chi connectivity index (χ2v) is 8.83. The largest absolute Gasteiger partial charge is 0.492 e. The van der Waals surface area contributed by atoms with Gasteiger partial charge in [0.05, 0.1) is 23.4 Å². The molecule has 9 heteroatoms. The molecule has 1 aliphatic heterocycles. The number of likely N-dealkylation sites (tertiary alicyclic amines) is 1. The van der Waals surface area contributed by atoms with E-state index in [1.807, 2.05) is 0 Å². The number of ether oxygens (including phenoxy) is 1. The summed E-state index contributed by atoms with van der Waals surface area (Å²) in [5.74, 6) is 0.156. The van der Waals surface area contributed by atoms with Crippen molar-refractivity contribution in [2.24, 2.45) is 5.92 Å². The van der Waals surface area contributed by atoms with Crippen LogP contribution < -0.4 is 4.74 Å². The van der Waals surface area contributed by atoms with E-state index in [0.717, 1.165) is 25.2 Å². The minimum absolute atomic E-state index is 0.0809. The first-order valence-electron chi connectivity index (χ1n) is 8.81. The number of carboxylic acid groups (broad SMARTS) is 1. The van der Waals surface area contributed by atoms with Crippen LogP contribution in [0.25, 0.3) is 11.3 Å². The Hall–Kier alpha value is -2.68. The van der Waals surface area contributed by atoms with Crippen LogP contribution in [0.1, 0.15) is 12.8 Å². The van der Waals surface area contributed by atoms with Gasteiger partial charge in [-0.05, 0) is 49.1 Å². The molecule has 3 rings (SSSR count). The van der Waals surface area contributed by atoms with Crippen molar-refractivity contribution in [1.29, 1.82) is 0 Å². The molecule has 2 aromatic rings. The van der Waals surface area contributed by atoms with Crippen LogP contribution in [0.15, 0.2) is 41.4 Å². The molecule has 28 heavy (non-hydrogen) atoms. The van der Waals surface area contributed by atoms with Crippen molar-refractivity contribution >= 4 is 15.9 Å². The first-order chi connectivity index (χ1) is 13.2. The Labute approximate surface area is 162 Å². The van der Waals surface area contributed by atoms with E-state index < -0.39 is 21.7 Å². The van der Waals surface area contributed by atoms with Crippen molar-refractivity contribution in [3.8, 4) is 17.0 Å². The second kappa shape index (κ2) is 8.14. The molecule has 0 saturated carbocycles. The molecule has 150 valence electrons. The summed E-state index contributed by atoms with van der Waals surface area (Å²) in [6.07, 6.45) is 3.12. The SMILES string of the molecule is CS(=O)(=O)c1ccc(-c2ccc(OCC3CCN(C(=O)O)CC3)cn2)c(F)c1. The summed E-state index contributed by atoms with van der Waals surface area (Å²) in [6, 6.07) is 7.02. The Morgan fingerprint density at radius 1 is 1.29 bits per heavy atom. The zero-order valence-corrected chi connectivity index (χ0v) is 16.2. The van der Waals surface area contributed by atoms with Gasteiger partial charge < -0.3 is 14.7 Å². The van der Waals surface area contributed by atoms with E-state index in [1.54, 1.807) is 12.1 Å². The number of sulfone groups is 1. The number of carbonyl (C=O) groups is 1. The molecule has 0 radical (unpaired) electrons. The number of aromatic nitrogens is 1. The maximum atomic E-state index is 14.3. The predicted octanol–water partition coefficient (Wildman–Crippen LogP) is 3.06. The van der Waals surface area contributed by atoms with E-state index in [0.29, 0.717) is 31.1 Å². The second-order valence-electron chi connectivity index (χ2n) is 6.82. The molecular weight excluding hydrogens is 387 g/mol. The van der Waals surface area contributed by atoms with Gasteiger partial charge in [-0.1, -0.05) is 0 Å². The Morgan fingerprint density at radius 3 is 2.54 bits per heavy atom. The third kappa shape index (κ3) is 4.78. The summed E-state index contributed by atoms with van der Waals surface area (Å²) >= 11 is 0. The van der Waals surface area contributed by atoms with Gasteiger partial charge in [0.15, 0.2) is 9.84 Å². The average Bonchev–Trinajstić information content (AvgIpc) is 2.66. The predicted molar refractivity (Wildman–Crippen MR) is 101 cm³/mol. The summed E-state index contributed by atoms with van der Waals surface area (Å²) in [6.45, 7) is 1.47. The number of amides is 1. The fourth-order valence-electron chi connectivity index (χ4n) is 3.06. The lowest BCUT2D eigenvalue weighted by Gasteiger charge is -2.29. The van der Waals surface area contributed by atoms with Crippen molar-refractivity contribution in [3.05, 3.63) is 42.3 Å². The zero-order chi connectivity index (χ0) is 20.3. The van der Waals surface area contributed by atoms with Crippen molar-refractivity contribution in [2.75, 3.05) is 26.0 Å². The molecular formula is C19H21FN2O5S. The Balaban J connectivity index is 1.61. The normalized spacial score (nSPS) is 15.4. The third-order valence-electron chi connectivity index (χ3n) is 4.75. The molecule has 1 aromatic heterocycles. The van der Waals surface area contributed by atoms with Crippen LogP contribution in [0.2, 0.25) is 0 Å². The number of nitrogens with zero attached hydrogens (tertiary/aromatic N) is 2. The molecule has 1 N–H and O–H groups in total. The highest BCUT2D eigenvalue weighted by Crippen LogP contribution is 2.25. The summed E-state index contributed by atoms with van der Waals surface area (Å²) < 4.78 is 43.0. The molecule has 0 aliphatic carbocycles. The topological polar surface area (TPSA) is 96.8 Å². The number of rotatable bonds is 5. The highest BCUT2D eigenvalue weighted by molar-refractivity contribution is 7.90. The molecule has 1 fully saturated rings. The van der Waals surface area contributed by atoms with Gasteiger partial charge in [-0.25, -0.2) is 17.6 Å². The minimum atomic E-state index is -3.47. The molecule has 0 spiro atoms. The molecule has 0 atom stereocenters. The highest BCUT2D eigenvalue weighted by atomic mass is 32.2. The van der Waals surface area contributed by atoms with Crippen LogP contribution >= 0.6 is 0 Å². The van der Waals surface area contributed by atoms with Crippen LogP contribution in [-0.2, 0) is 9.84 Å². The number of pyridine rings is 1. The summed E-state index contributed by atoms with van der Waals surface area (Å²) in [4.78, 5) is 16.4. The van der Waals surface area contributed by atoms with E-state index in [1.165, 1.54) is 23.2 Å². The van der Waals surface area contributed by atoms with Crippen LogP contribution in [0.5, 0.6) is 5.75 Å². The number of halogens is 1. The molecule has 7 nitrogen and oxygen atoms in total. The van der Waals surface area contributed by atoms with Gasteiger partial charge >= 0.3 is 6.09 Å². The summed E-state index contributed by atoms with van der Waals surface area (Å²) in [5.41, 5.74) is 0.583. The van der Waals surface area contributed by atoms with Crippen LogP contribution in [0.4, 0.5) is 9.18 Å². The number of piperidine rings is 1. The zero-order valence-electron chi connectivity index (χ0n) is 15.3. The lowest BCUT2D eigenvalue weighted by atomic mass is 9.98. The highest BCUT2D eigenvalue weighted by Gasteiger charge is 2.22. The smallest absolute Gasteiger partial charge is 0.407 e. The van der Waals surface area contributed by atoms with E-state index in [2.05, 4.69) is 4.98 Å². The average molecular weight is 408 g/mol. The summed E-state index contributed by atoms with van der Waals surface area (Å²) in [5, 5.41) is 8.96. The molecule has 1 amide bonds. The standard InChI is InChI=1S/C19H21FN2O5S/c1-28(25,26)15-3-4-16(17(20)10-15)18-5-2-14(11-21-18)27-12-13-6-8-22(9-7-13)19(23)24/h2-5,10-11,13H,6-9,12H2,1H3,(H,23,24). The van der Waals surface area contributed by atoms with E-state index in [-0.39, 0.29) is 16.4 Å². The Morgan fingerprint density at radius 2 is 2.00 bits per heavy atom. The van der Waals surface area contributed by atoms with Gasteiger partial charge in [-0.3, -0.25) is 4.98 Å². The first-order valence-corrected chi connectivity index (χ1v) is 10.7. The van der Waals surface area contributed by atoms with Crippen LogP contribution in [0, 0.1) is 11.7 Å². The van der Waals surface area contributed by atoms with E-state index in [4.69, 9.17) is 9.84 Å². The molecule has 1 saturated heterocycles. The Bertz CT molecular complexity index is 955. The molecule has 0 bridgehead atoms. The maximum absolute atomic E-state index is 14.3. The van der Waals surface area contributed by atoms with Gasteiger partial charge in [-0.15, -0.1) is 0 Å². The van der Waals surface area contributed by atoms with Crippen molar-refractivity contribution in [1.82, 2.24) is 9.88 Å². The fraction of sp³-hybridized carbons (Fsp3) is 0.368. The molecule has 0 unspecified atom stereocenters.